The molecule has 0 aliphatic carbocycles. The Morgan fingerprint density at radius 2 is 1.81 bits per heavy atom. The Morgan fingerprint density at radius 1 is 1.07 bits per heavy atom. The molecular formula is C22H17ClO3S. The predicted molar refractivity (Wildman–Crippen MR) is 111 cm³/mol. The lowest BCUT2D eigenvalue weighted by molar-refractivity contribution is 0.301. The van der Waals surface area contributed by atoms with Gasteiger partial charge < -0.3 is 9.15 Å². The van der Waals surface area contributed by atoms with Gasteiger partial charge in [-0.1, -0.05) is 17.7 Å². The molecule has 4 aromatic rings. The lowest BCUT2D eigenvalue weighted by atomic mass is 10.0. The van der Waals surface area contributed by atoms with Gasteiger partial charge >= 0.3 is 0 Å². The molecule has 0 radical (unpaired) electrons. The standard InChI is InChI=1S/C22H17ClO3S/c1-13-10-18-19(11-14(13)2)26-21(15-5-7-16(23)8-6-15)22(20(18)24)25-12-17-4-3-9-27-17/h3-11H,12H2,1-2H3. The maximum Gasteiger partial charge on any atom is 0.235 e. The lowest BCUT2D eigenvalue weighted by Gasteiger charge is -2.12. The van der Waals surface area contributed by atoms with Crippen LogP contribution in [0.5, 0.6) is 5.75 Å². The molecule has 136 valence electrons. The van der Waals surface area contributed by atoms with Gasteiger partial charge in [-0.2, -0.15) is 0 Å². The van der Waals surface area contributed by atoms with Gasteiger partial charge in [-0.05, 0) is 72.8 Å². The minimum absolute atomic E-state index is 0.166. The third-order valence-electron chi connectivity index (χ3n) is 4.51. The number of ether oxygens (including phenoxy) is 1. The first kappa shape index (κ1) is 17.8. The van der Waals surface area contributed by atoms with E-state index in [1.165, 1.54) is 0 Å². The van der Waals surface area contributed by atoms with Gasteiger partial charge in [-0.15, -0.1) is 11.3 Å². The number of benzene rings is 2. The Hall–Kier alpha value is -2.56. The average molecular weight is 397 g/mol. The molecule has 0 atom stereocenters. The highest BCUT2D eigenvalue weighted by atomic mass is 35.5. The number of thiophene rings is 1. The van der Waals surface area contributed by atoms with E-state index in [4.69, 9.17) is 20.8 Å². The van der Waals surface area contributed by atoms with Gasteiger partial charge in [0.2, 0.25) is 11.2 Å². The van der Waals surface area contributed by atoms with E-state index in [0.29, 0.717) is 28.4 Å². The predicted octanol–water partition coefficient (Wildman–Crippen LogP) is 6.37. The molecule has 0 bridgehead atoms. The van der Waals surface area contributed by atoms with Crippen LogP contribution in [0.1, 0.15) is 16.0 Å². The number of hydrogen-bond donors (Lipinski definition) is 0. The zero-order valence-corrected chi connectivity index (χ0v) is 16.5. The van der Waals surface area contributed by atoms with Crippen LogP contribution >= 0.6 is 22.9 Å². The van der Waals surface area contributed by atoms with Crippen LogP contribution in [0.15, 0.2) is 63.1 Å². The highest BCUT2D eigenvalue weighted by Crippen LogP contribution is 2.33. The minimum atomic E-state index is -0.166. The van der Waals surface area contributed by atoms with E-state index >= 15 is 0 Å². The van der Waals surface area contributed by atoms with Crippen molar-refractivity contribution in [1.82, 2.24) is 0 Å². The summed E-state index contributed by atoms with van der Waals surface area (Å²) in [7, 11) is 0. The summed E-state index contributed by atoms with van der Waals surface area (Å²) in [6.07, 6.45) is 0. The summed E-state index contributed by atoms with van der Waals surface area (Å²) in [6.45, 7) is 4.30. The molecule has 3 nitrogen and oxygen atoms in total. The zero-order chi connectivity index (χ0) is 19.0. The molecule has 0 aliphatic rings. The molecule has 0 spiro atoms. The molecule has 0 N–H and O–H groups in total. The van der Waals surface area contributed by atoms with E-state index < -0.39 is 0 Å². The maximum atomic E-state index is 13.2. The molecular weight excluding hydrogens is 380 g/mol. The van der Waals surface area contributed by atoms with E-state index in [1.54, 1.807) is 23.5 Å². The second-order valence-corrected chi connectivity index (χ2v) is 7.87. The van der Waals surface area contributed by atoms with Crippen molar-refractivity contribution in [2.75, 3.05) is 0 Å². The van der Waals surface area contributed by atoms with E-state index in [9.17, 15) is 4.79 Å². The molecule has 0 saturated heterocycles. The van der Waals surface area contributed by atoms with Gasteiger partial charge in [-0.3, -0.25) is 4.79 Å². The Bertz CT molecular complexity index is 1160. The first-order valence-corrected chi connectivity index (χ1v) is 9.78. The largest absolute Gasteiger partial charge is 0.481 e. The normalized spacial score (nSPS) is 11.1. The second kappa shape index (κ2) is 7.22. The number of fused-ring (bicyclic) bond motifs is 1. The molecule has 5 heteroatoms. The van der Waals surface area contributed by atoms with Crippen LogP contribution in [0.2, 0.25) is 5.02 Å². The maximum absolute atomic E-state index is 13.2. The molecule has 0 unspecified atom stereocenters. The van der Waals surface area contributed by atoms with Crippen molar-refractivity contribution in [3.63, 3.8) is 0 Å². The van der Waals surface area contributed by atoms with Gasteiger partial charge in [0.1, 0.15) is 12.2 Å². The highest BCUT2D eigenvalue weighted by Gasteiger charge is 2.19. The van der Waals surface area contributed by atoms with Crippen LogP contribution in [-0.4, -0.2) is 0 Å². The van der Waals surface area contributed by atoms with Crippen molar-refractivity contribution >= 4 is 33.9 Å². The SMILES string of the molecule is Cc1cc2oc(-c3ccc(Cl)cc3)c(OCc3cccs3)c(=O)c2cc1C. The summed E-state index contributed by atoms with van der Waals surface area (Å²) in [4.78, 5) is 14.2. The number of rotatable bonds is 4. The summed E-state index contributed by atoms with van der Waals surface area (Å²) >= 11 is 7.59. The minimum Gasteiger partial charge on any atom is -0.481 e. The van der Waals surface area contributed by atoms with Crippen molar-refractivity contribution in [2.45, 2.75) is 20.5 Å². The van der Waals surface area contributed by atoms with E-state index in [-0.39, 0.29) is 11.2 Å². The Balaban J connectivity index is 1.91. The molecule has 0 amide bonds. The molecule has 27 heavy (non-hydrogen) atoms. The van der Waals surface area contributed by atoms with Crippen molar-refractivity contribution < 1.29 is 9.15 Å². The quantitative estimate of drug-likeness (QED) is 0.402. The van der Waals surface area contributed by atoms with Crippen molar-refractivity contribution in [2.24, 2.45) is 0 Å². The molecule has 0 aliphatic heterocycles. The third kappa shape index (κ3) is 3.51. The molecule has 2 heterocycles. The van der Waals surface area contributed by atoms with Crippen molar-refractivity contribution in [3.8, 4) is 17.1 Å². The van der Waals surface area contributed by atoms with Crippen LogP contribution in [0, 0.1) is 13.8 Å². The average Bonchev–Trinajstić information content (AvgIpc) is 3.17. The van der Waals surface area contributed by atoms with Gasteiger partial charge in [0.05, 0.1) is 5.39 Å². The van der Waals surface area contributed by atoms with Crippen LogP contribution in [-0.2, 0) is 6.61 Å². The third-order valence-corrected chi connectivity index (χ3v) is 5.61. The van der Waals surface area contributed by atoms with Gasteiger partial charge in [-0.25, -0.2) is 0 Å². The fourth-order valence-corrected chi connectivity index (χ4v) is 3.64. The summed E-state index contributed by atoms with van der Waals surface area (Å²) in [5, 5.41) is 3.12. The van der Waals surface area contributed by atoms with Crippen LogP contribution in [0.4, 0.5) is 0 Å². The summed E-state index contributed by atoms with van der Waals surface area (Å²) < 4.78 is 12.1. The molecule has 2 aromatic carbocycles. The van der Waals surface area contributed by atoms with Gasteiger partial charge in [0.15, 0.2) is 5.76 Å². The van der Waals surface area contributed by atoms with Crippen molar-refractivity contribution in [3.05, 3.63) is 85.2 Å². The second-order valence-electron chi connectivity index (χ2n) is 6.40. The van der Waals surface area contributed by atoms with Crippen molar-refractivity contribution in [1.29, 1.82) is 0 Å². The van der Waals surface area contributed by atoms with E-state index in [2.05, 4.69) is 0 Å². The molecule has 0 fully saturated rings. The fourth-order valence-electron chi connectivity index (χ4n) is 2.89. The molecule has 4 rings (SSSR count). The van der Waals surface area contributed by atoms with E-state index in [1.807, 2.05) is 55.6 Å². The Kier molecular flexibility index (Phi) is 4.77. The number of aryl methyl sites for hydroxylation is 2. The van der Waals surface area contributed by atoms with Crippen LogP contribution in [0.25, 0.3) is 22.3 Å². The molecule has 2 aromatic heterocycles. The number of halogens is 1. The fraction of sp³-hybridized carbons (Fsp3) is 0.136. The first-order chi connectivity index (χ1) is 13.0. The Morgan fingerprint density at radius 3 is 2.52 bits per heavy atom. The topological polar surface area (TPSA) is 39.4 Å². The van der Waals surface area contributed by atoms with Gasteiger partial charge in [0.25, 0.3) is 0 Å². The first-order valence-electron chi connectivity index (χ1n) is 8.52. The molecule has 0 saturated carbocycles. The summed E-state index contributed by atoms with van der Waals surface area (Å²) in [5.74, 6) is 0.644. The van der Waals surface area contributed by atoms with E-state index in [0.717, 1.165) is 21.6 Å². The van der Waals surface area contributed by atoms with Gasteiger partial charge in [0, 0.05) is 15.5 Å². The zero-order valence-electron chi connectivity index (χ0n) is 14.9. The van der Waals surface area contributed by atoms with Crippen LogP contribution in [0.3, 0.4) is 0 Å². The lowest BCUT2D eigenvalue weighted by Crippen LogP contribution is -2.10. The summed E-state index contributed by atoms with van der Waals surface area (Å²) in [5.41, 5.74) is 3.24. The van der Waals surface area contributed by atoms with Crippen LogP contribution < -0.4 is 10.2 Å². The number of hydrogen-bond acceptors (Lipinski definition) is 4. The summed E-state index contributed by atoms with van der Waals surface area (Å²) in [6, 6.07) is 14.9. The monoisotopic (exact) mass is 396 g/mol. The Labute approximate surface area is 165 Å². The smallest absolute Gasteiger partial charge is 0.235 e. The highest BCUT2D eigenvalue weighted by molar-refractivity contribution is 7.09.